The van der Waals surface area contributed by atoms with E-state index in [1.165, 1.54) is 0 Å². The predicted molar refractivity (Wildman–Crippen MR) is 133 cm³/mol. The minimum absolute atomic E-state index is 0.0505. The number of rotatable bonds is 4. The highest BCUT2D eigenvalue weighted by Crippen LogP contribution is 2.39. The highest BCUT2D eigenvalue weighted by atomic mass is 35.5. The van der Waals surface area contributed by atoms with Gasteiger partial charge in [-0.15, -0.1) is 0 Å². The van der Waals surface area contributed by atoms with Crippen LogP contribution in [0.15, 0.2) is 36.7 Å². The average Bonchev–Trinajstić information content (AvgIpc) is 3.40. The van der Waals surface area contributed by atoms with Crippen molar-refractivity contribution in [1.82, 2.24) is 24.8 Å². The fraction of sp³-hybridized carbons (Fsp3) is 0.400. The van der Waals surface area contributed by atoms with Gasteiger partial charge in [-0.05, 0) is 58.6 Å². The predicted octanol–water partition coefficient (Wildman–Crippen LogP) is 5.23. The third kappa shape index (κ3) is 4.23. The number of anilines is 1. The number of halogens is 1. The number of nitrogens with one attached hydrogen (secondary N) is 2. The average molecular weight is 481 g/mol. The number of nitrogen functional groups attached to an aromatic ring is 1. The van der Waals surface area contributed by atoms with Gasteiger partial charge in [-0.2, -0.15) is 0 Å². The molecule has 34 heavy (non-hydrogen) atoms. The number of imidazole rings is 1. The summed E-state index contributed by atoms with van der Waals surface area (Å²) in [6.45, 7) is 5.73. The zero-order valence-electron chi connectivity index (χ0n) is 19.6. The van der Waals surface area contributed by atoms with E-state index < -0.39 is 5.60 Å². The lowest BCUT2D eigenvalue weighted by atomic mass is 9.81. The Labute approximate surface area is 202 Å². The maximum atomic E-state index is 12.6. The minimum atomic E-state index is -0.418. The molecule has 4 aromatic rings. The molecule has 178 valence electrons. The first kappa shape index (κ1) is 22.7. The number of aromatic nitrogens is 4. The lowest BCUT2D eigenvalue weighted by Gasteiger charge is -2.28. The van der Waals surface area contributed by atoms with Gasteiger partial charge in [0.15, 0.2) is 0 Å². The molecule has 0 unspecified atom stereocenters. The third-order valence-corrected chi connectivity index (χ3v) is 6.71. The summed E-state index contributed by atoms with van der Waals surface area (Å²) >= 11 is 6.39. The van der Waals surface area contributed by atoms with Gasteiger partial charge in [0.1, 0.15) is 22.9 Å². The van der Waals surface area contributed by atoms with E-state index in [0.29, 0.717) is 10.8 Å². The molecule has 1 fully saturated rings. The van der Waals surface area contributed by atoms with Gasteiger partial charge in [-0.1, -0.05) is 23.7 Å². The second-order valence-corrected chi connectivity index (χ2v) is 10.4. The van der Waals surface area contributed by atoms with Crippen LogP contribution in [0.3, 0.4) is 0 Å². The molecule has 0 bridgehead atoms. The van der Waals surface area contributed by atoms with Gasteiger partial charge in [-0.25, -0.2) is 15.4 Å². The van der Waals surface area contributed by atoms with E-state index in [9.17, 15) is 4.79 Å². The number of hydrogen-bond acceptors (Lipinski definition) is 5. The summed E-state index contributed by atoms with van der Waals surface area (Å²) in [5.41, 5.74) is 11.8. The van der Waals surface area contributed by atoms with Gasteiger partial charge >= 0.3 is 0 Å². The summed E-state index contributed by atoms with van der Waals surface area (Å²) in [4.78, 5) is 30.8. The van der Waals surface area contributed by atoms with Crippen LogP contribution in [-0.4, -0.2) is 30.9 Å². The highest BCUT2D eigenvalue weighted by molar-refractivity contribution is 6.35. The molecule has 8 nitrogen and oxygen atoms in total. The smallest absolute Gasteiger partial charge is 0.246 e. The number of nitrogens with zero attached hydrogens (tertiary/aromatic N) is 3. The van der Waals surface area contributed by atoms with Crippen LogP contribution < -0.4 is 11.2 Å². The number of fused-ring (bicyclic) bond motifs is 2. The van der Waals surface area contributed by atoms with Crippen LogP contribution in [0.4, 0.5) is 5.82 Å². The zero-order valence-corrected chi connectivity index (χ0v) is 20.3. The number of aromatic amines is 1. The van der Waals surface area contributed by atoms with Crippen LogP contribution in [0.1, 0.15) is 58.2 Å². The van der Waals surface area contributed by atoms with E-state index in [4.69, 9.17) is 27.2 Å². The van der Waals surface area contributed by atoms with Crippen molar-refractivity contribution in [2.75, 3.05) is 5.73 Å². The Morgan fingerprint density at radius 2 is 2.03 bits per heavy atom. The first-order valence-corrected chi connectivity index (χ1v) is 12.0. The second-order valence-electron chi connectivity index (χ2n) is 9.97. The van der Waals surface area contributed by atoms with E-state index in [2.05, 4.69) is 15.4 Å². The standard InChI is InChI=1S/C25H29ClN6O2/c1-25(2,3)34-31-24(33)15-9-7-14(8-10-15)23-30-20(21-22(27)28-11-12-32(21)23)18-13-16-5-4-6-17(26)19(16)29-18/h4-6,11-15,29H,7-10H2,1-3H3,(H2,27,28)(H,31,33). The van der Waals surface area contributed by atoms with Crippen molar-refractivity contribution in [2.24, 2.45) is 5.92 Å². The molecule has 1 amide bonds. The van der Waals surface area contributed by atoms with Crippen LogP contribution in [0.25, 0.3) is 27.8 Å². The van der Waals surface area contributed by atoms with E-state index in [-0.39, 0.29) is 17.7 Å². The van der Waals surface area contributed by atoms with Gasteiger partial charge < -0.3 is 10.7 Å². The van der Waals surface area contributed by atoms with Crippen LogP contribution in [0.2, 0.25) is 5.02 Å². The van der Waals surface area contributed by atoms with Crippen molar-refractivity contribution in [3.63, 3.8) is 0 Å². The lowest BCUT2D eigenvalue weighted by molar-refractivity contribution is -0.150. The Hall–Kier alpha value is -3.10. The normalized spacial score (nSPS) is 19.1. The Morgan fingerprint density at radius 1 is 1.26 bits per heavy atom. The molecule has 3 aromatic heterocycles. The van der Waals surface area contributed by atoms with E-state index in [1.807, 2.05) is 55.6 Å². The SMILES string of the molecule is CC(C)(C)ONC(=O)C1CCC(c2nc(-c3cc4cccc(Cl)c4[nH]3)c3c(N)nccn23)CC1. The maximum Gasteiger partial charge on any atom is 0.246 e. The van der Waals surface area contributed by atoms with Gasteiger partial charge in [0.25, 0.3) is 0 Å². The maximum absolute atomic E-state index is 12.6. The first-order valence-electron chi connectivity index (χ1n) is 11.6. The Bertz CT molecular complexity index is 1360. The van der Waals surface area contributed by atoms with Crippen LogP contribution in [-0.2, 0) is 9.63 Å². The Kier molecular flexibility index (Phi) is 5.73. The molecule has 4 N–H and O–H groups in total. The number of carbonyl (C=O) groups is 1. The van der Waals surface area contributed by atoms with Gasteiger partial charge in [0.05, 0.1) is 21.8 Å². The van der Waals surface area contributed by atoms with Gasteiger partial charge in [-0.3, -0.25) is 14.0 Å². The van der Waals surface area contributed by atoms with E-state index in [0.717, 1.165) is 59.3 Å². The molecule has 9 heteroatoms. The molecule has 1 aliphatic rings. The zero-order chi connectivity index (χ0) is 24.0. The first-order chi connectivity index (χ1) is 16.2. The third-order valence-electron chi connectivity index (χ3n) is 6.39. The molecular weight excluding hydrogens is 452 g/mol. The largest absolute Gasteiger partial charge is 0.382 e. The molecule has 0 spiro atoms. The topological polar surface area (TPSA) is 110 Å². The summed E-state index contributed by atoms with van der Waals surface area (Å²) in [6.07, 6.45) is 6.86. The molecule has 1 aliphatic carbocycles. The second kappa shape index (κ2) is 8.60. The quantitative estimate of drug-likeness (QED) is 0.346. The number of H-pyrrole nitrogens is 1. The van der Waals surface area contributed by atoms with E-state index >= 15 is 0 Å². The summed E-state index contributed by atoms with van der Waals surface area (Å²) in [5.74, 6) is 1.46. The molecule has 0 atom stereocenters. The molecule has 0 radical (unpaired) electrons. The molecular formula is C25H29ClN6O2. The molecule has 0 saturated heterocycles. The number of hydrogen-bond donors (Lipinski definition) is 3. The number of nitrogens with two attached hydrogens (primary N) is 1. The fourth-order valence-electron chi connectivity index (χ4n) is 4.71. The summed E-state index contributed by atoms with van der Waals surface area (Å²) < 4.78 is 2.04. The number of hydroxylamine groups is 1. The molecule has 0 aliphatic heterocycles. The fourth-order valence-corrected chi connectivity index (χ4v) is 4.94. The molecule has 1 saturated carbocycles. The summed E-state index contributed by atoms with van der Waals surface area (Å²) in [5, 5.41) is 1.67. The summed E-state index contributed by atoms with van der Waals surface area (Å²) in [6, 6.07) is 7.84. The van der Waals surface area contributed by atoms with Crippen LogP contribution in [0, 0.1) is 5.92 Å². The van der Waals surface area contributed by atoms with Gasteiger partial charge in [0, 0.05) is 29.6 Å². The Morgan fingerprint density at radius 3 is 2.74 bits per heavy atom. The number of carbonyl (C=O) groups excluding carboxylic acids is 1. The lowest BCUT2D eigenvalue weighted by Crippen LogP contribution is -2.38. The molecule has 3 heterocycles. The molecule has 5 rings (SSSR count). The van der Waals surface area contributed by atoms with Gasteiger partial charge in [0.2, 0.25) is 5.91 Å². The molecule has 1 aromatic carbocycles. The Balaban J connectivity index is 1.43. The van der Waals surface area contributed by atoms with Crippen molar-refractivity contribution in [3.05, 3.63) is 47.5 Å². The van der Waals surface area contributed by atoms with Crippen molar-refractivity contribution in [2.45, 2.75) is 58.0 Å². The van der Waals surface area contributed by atoms with E-state index in [1.54, 1.807) is 6.20 Å². The summed E-state index contributed by atoms with van der Waals surface area (Å²) in [7, 11) is 0. The number of benzene rings is 1. The highest BCUT2D eigenvalue weighted by Gasteiger charge is 2.31. The monoisotopic (exact) mass is 480 g/mol. The van der Waals surface area contributed by atoms with Crippen molar-refractivity contribution >= 4 is 39.7 Å². The minimum Gasteiger partial charge on any atom is -0.382 e. The van der Waals surface area contributed by atoms with Crippen molar-refractivity contribution in [3.8, 4) is 11.4 Å². The van der Waals surface area contributed by atoms with Crippen molar-refractivity contribution in [1.29, 1.82) is 0 Å². The van der Waals surface area contributed by atoms with Crippen molar-refractivity contribution < 1.29 is 9.63 Å². The number of para-hydroxylation sites is 1. The van der Waals surface area contributed by atoms with Crippen LogP contribution in [0.5, 0.6) is 0 Å². The number of amides is 1. The van der Waals surface area contributed by atoms with Crippen LogP contribution >= 0.6 is 11.6 Å².